The number of rotatable bonds is 5. The van der Waals surface area contributed by atoms with Crippen LogP contribution in [0.3, 0.4) is 0 Å². The Labute approximate surface area is 170 Å². The molecule has 2 aliphatic rings. The summed E-state index contributed by atoms with van der Waals surface area (Å²) < 4.78 is 5.11. The van der Waals surface area contributed by atoms with E-state index < -0.39 is 0 Å². The molecule has 1 aliphatic carbocycles. The van der Waals surface area contributed by atoms with Crippen LogP contribution in [-0.2, 0) is 14.3 Å². The van der Waals surface area contributed by atoms with Gasteiger partial charge < -0.3 is 15.0 Å². The van der Waals surface area contributed by atoms with Crippen LogP contribution in [0.4, 0.5) is 5.69 Å². The van der Waals surface area contributed by atoms with Gasteiger partial charge in [0.25, 0.3) is 5.91 Å². The van der Waals surface area contributed by atoms with Crippen LogP contribution >= 0.6 is 0 Å². The highest BCUT2D eigenvalue weighted by molar-refractivity contribution is 6.08. The maximum Gasteiger partial charge on any atom is 0.309 e. The first-order valence-corrected chi connectivity index (χ1v) is 10.4. The summed E-state index contributed by atoms with van der Waals surface area (Å²) in [5, 5.41) is 4.91. The first kappa shape index (κ1) is 19.4. The summed E-state index contributed by atoms with van der Waals surface area (Å²) in [5.41, 5.74) is 1.07. The minimum Gasteiger partial charge on any atom is -0.466 e. The minimum atomic E-state index is -0.178. The van der Waals surface area contributed by atoms with Gasteiger partial charge in [-0.15, -0.1) is 0 Å². The SMILES string of the molecule is CCOC(=O)C1CCN(C(=O)c2cc3ccccc3cc2NC(=O)C2CC2)CC1. The van der Waals surface area contributed by atoms with Crippen molar-refractivity contribution in [1.29, 1.82) is 0 Å². The van der Waals surface area contributed by atoms with Crippen molar-refractivity contribution in [3.05, 3.63) is 42.0 Å². The van der Waals surface area contributed by atoms with E-state index in [9.17, 15) is 14.4 Å². The molecule has 1 saturated carbocycles. The number of ether oxygens (including phenoxy) is 1. The van der Waals surface area contributed by atoms with Crippen LogP contribution in [0.25, 0.3) is 10.8 Å². The van der Waals surface area contributed by atoms with Crippen molar-refractivity contribution in [2.45, 2.75) is 32.6 Å². The molecule has 6 nitrogen and oxygen atoms in total. The van der Waals surface area contributed by atoms with E-state index in [4.69, 9.17) is 4.74 Å². The Hall–Kier alpha value is -2.89. The molecule has 0 aromatic heterocycles. The van der Waals surface area contributed by atoms with E-state index in [0.29, 0.717) is 43.8 Å². The van der Waals surface area contributed by atoms with Crippen molar-refractivity contribution >= 4 is 34.2 Å². The van der Waals surface area contributed by atoms with E-state index in [2.05, 4.69) is 5.32 Å². The maximum absolute atomic E-state index is 13.3. The topological polar surface area (TPSA) is 75.7 Å². The zero-order valence-electron chi connectivity index (χ0n) is 16.6. The smallest absolute Gasteiger partial charge is 0.309 e. The molecule has 4 rings (SSSR count). The van der Waals surface area contributed by atoms with Gasteiger partial charge in [-0.2, -0.15) is 0 Å². The molecule has 152 valence electrons. The molecule has 2 amide bonds. The summed E-state index contributed by atoms with van der Waals surface area (Å²) in [4.78, 5) is 39.4. The van der Waals surface area contributed by atoms with Crippen LogP contribution in [-0.4, -0.2) is 42.4 Å². The van der Waals surface area contributed by atoms with E-state index >= 15 is 0 Å². The molecule has 0 spiro atoms. The number of nitrogens with zero attached hydrogens (tertiary/aromatic N) is 1. The molecular weight excluding hydrogens is 368 g/mol. The molecule has 0 bridgehead atoms. The lowest BCUT2D eigenvalue weighted by atomic mass is 9.96. The van der Waals surface area contributed by atoms with Crippen molar-refractivity contribution in [3.8, 4) is 0 Å². The second-order valence-electron chi connectivity index (χ2n) is 7.83. The second-order valence-corrected chi connectivity index (χ2v) is 7.83. The zero-order chi connectivity index (χ0) is 20.4. The predicted octanol–water partition coefficient (Wildman–Crippen LogP) is 3.60. The fourth-order valence-corrected chi connectivity index (χ4v) is 3.85. The lowest BCUT2D eigenvalue weighted by molar-refractivity contribution is -0.149. The van der Waals surface area contributed by atoms with Crippen molar-refractivity contribution in [3.63, 3.8) is 0 Å². The Bertz CT molecular complexity index is 943. The summed E-state index contributed by atoms with van der Waals surface area (Å²) in [6.07, 6.45) is 3.01. The van der Waals surface area contributed by atoms with Crippen LogP contribution in [0.2, 0.25) is 0 Å². The summed E-state index contributed by atoms with van der Waals surface area (Å²) >= 11 is 0. The minimum absolute atomic E-state index is 0.0182. The molecule has 1 N–H and O–H groups in total. The normalized spacial score (nSPS) is 17.2. The fourth-order valence-electron chi connectivity index (χ4n) is 3.85. The predicted molar refractivity (Wildman–Crippen MR) is 111 cm³/mol. The van der Waals surface area contributed by atoms with Crippen molar-refractivity contribution in [1.82, 2.24) is 4.90 Å². The van der Waals surface area contributed by atoms with Crippen molar-refractivity contribution in [2.24, 2.45) is 11.8 Å². The lowest BCUT2D eigenvalue weighted by Gasteiger charge is -2.31. The van der Waals surface area contributed by atoms with Gasteiger partial charge in [-0.25, -0.2) is 0 Å². The zero-order valence-corrected chi connectivity index (χ0v) is 16.6. The second kappa shape index (κ2) is 8.23. The van der Waals surface area contributed by atoms with Crippen molar-refractivity contribution < 1.29 is 19.1 Å². The number of carbonyl (C=O) groups excluding carboxylic acids is 3. The third-order valence-corrected chi connectivity index (χ3v) is 5.72. The number of likely N-dealkylation sites (tertiary alicyclic amines) is 1. The van der Waals surface area contributed by atoms with Crippen LogP contribution in [0.5, 0.6) is 0 Å². The highest BCUT2D eigenvalue weighted by atomic mass is 16.5. The molecule has 1 heterocycles. The Morgan fingerprint density at radius 3 is 2.28 bits per heavy atom. The molecule has 2 aromatic rings. The molecule has 6 heteroatoms. The summed E-state index contributed by atoms with van der Waals surface area (Å²) in [6, 6.07) is 11.6. The van der Waals surface area contributed by atoms with E-state index in [1.807, 2.05) is 36.4 Å². The number of anilines is 1. The van der Waals surface area contributed by atoms with Crippen LogP contribution in [0.15, 0.2) is 36.4 Å². The number of amides is 2. The van der Waals surface area contributed by atoms with Gasteiger partial charge in [0.1, 0.15) is 0 Å². The number of carbonyl (C=O) groups is 3. The first-order valence-electron chi connectivity index (χ1n) is 10.4. The molecule has 1 saturated heterocycles. The van der Waals surface area contributed by atoms with E-state index in [-0.39, 0.29) is 29.6 Å². The van der Waals surface area contributed by atoms with Gasteiger partial charge in [0.15, 0.2) is 0 Å². The van der Waals surface area contributed by atoms with Gasteiger partial charge in [-0.1, -0.05) is 24.3 Å². The van der Waals surface area contributed by atoms with Crippen LogP contribution in [0.1, 0.15) is 43.0 Å². The van der Waals surface area contributed by atoms with Crippen LogP contribution in [0, 0.1) is 11.8 Å². The molecule has 0 atom stereocenters. The molecule has 2 fully saturated rings. The van der Waals surface area contributed by atoms with Crippen LogP contribution < -0.4 is 5.32 Å². The Morgan fingerprint density at radius 1 is 1.00 bits per heavy atom. The fraction of sp³-hybridized carbons (Fsp3) is 0.435. The largest absolute Gasteiger partial charge is 0.466 e. The Kier molecular flexibility index (Phi) is 5.51. The maximum atomic E-state index is 13.3. The Balaban J connectivity index is 1.56. The average molecular weight is 394 g/mol. The monoisotopic (exact) mass is 394 g/mol. The molecule has 0 radical (unpaired) electrons. The highest BCUT2D eigenvalue weighted by Crippen LogP contribution is 2.32. The van der Waals surface area contributed by atoms with E-state index in [1.165, 1.54) is 0 Å². The van der Waals surface area contributed by atoms with Gasteiger partial charge in [-0.3, -0.25) is 14.4 Å². The standard InChI is InChI=1S/C23H26N2O4/c1-2-29-23(28)16-9-11-25(12-10-16)22(27)19-13-17-5-3-4-6-18(17)14-20(19)24-21(26)15-7-8-15/h3-6,13-16H,2,7-12H2,1H3,(H,24,26). The number of benzene rings is 2. The lowest BCUT2D eigenvalue weighted by Crippen LogP contribution is -2.41. The number of fused-ring (bicyclic) bond motifs is 1. The number of hydrogen-bond acceptors (Lipinski definition) is 4. The van der Waals surface area contributed by atoms with Gasteiger partial charge in [0.2, 0.25) is 5.91 Å². The molecule has 1 aliphatic heterocycles. The van der Waals surface area contributed by atoms with E-state index in [1.54, 1.807) is 11.8 Å². The van der Waals surface area contributed by atoms with Gasteiger partial charge in [-0.05, 0) is 55.5 Å². The molecular formula is C23H26N2O4. The van der Waals surface area contributed by atoms with Gasteiger partial charge in [0.05, 0.1) is 23.8 Å². The molecule has 0 unspecified atom stereocenters. The number of nitrogens with one attached hydrogen (secondary N) is 1. The third-order valence-electron chi connectivity index (χ3n) is 5.72. The summed E-state index contributed by atoms with van der Waals surface area (Å²) in [5.74, 6) is -0.392. The van der Waals surface area contributed by atoms with Gasteiger partial charge >= 0.3 is 5.97 Å². The molecule has 2 aromatic carbocycles. The summed E-state index contributed by atoms with van der Waals surface area (Å²) in [7, 11) is 0. The quantitative estimate of drug-likeness (QED) is 0.786. The number of piperidine rings is 1. The average Bonchev–Trinajstić information content (AvgIpc) is 3.58. The number of hydrogen-bond donors (Lipinski definition) is 1. The van der Waals surface area contributed by atoms with Crippen molar-refractivity contribution in [2.75, 3.05) is 25.0 Å². The molecule has 29 heavy (non-hydrogen) atoms. The first-order chi connectivity index (χ1) is 14.1. The third kappa shape index (κ3) is 4.26. The summed E-state index contributed by atoms with van der Waals surface area (Å²) in [6.45, 7) is 3.18. The highest BCUT2D eigenvalue weighted by Gasteiger charge is 2.32. The number of esters is 1. The van der Waals surface area contributed by atoms with E-state index in [0.717, 1.165) is 23.6 Å². The van der Waals surface area contributed by atoms with Gasteiger partial charge in [0, 0.05) is 19.0 Å². The Morgan fingerprint density at radius 2 is 1.66 bits per heavy atom.